The molecule has 0 aliphatic carbocycles. The molecule has 2 N–H and O–H groups in total. The van der Waals surface area contributed by atoms with E-state index < -0.39 is 17.8 Å². The molecule has 1 fully saturated rings. The van der Waals surface area contributed by atoms with Gasteiger partial charge in [-0.3, -0.25) is 9.59 Å². The number of rotatable bonds is 4. The zero-order valence-electron chi connectivity index (χ0n) is 10.1. The highest BCUT2D eigenvalue weighted by molar-refractivity contribution is 5.99. The van der Waals surface area contributed by atoms with E-state index in [0.29, 0.717) is 13.2 Å². The molecule has 0 unspecified atom stereocenters. The molecule has 2 rings (SSSR count). The van der Waals surface area contributed by atoms with Crippen LogP contribution in [0.4, 0.5) is 0 Å². The summed E-state index contributed by atoms with van der Waals surface area (Å²) in [6.07, 6.45) is 0. The number of aliphatic carboxylic acids is 1. The molecule has 1 heterocycles. The van der Waals surface area contributed by atoms with Gasteiger partial charge in [0.05, 0.1) is 6.61 Å². The Kier molecular flexibility index (Phi) is 3.50. The monoisotopic (exact) mass is 249 g/mol. The Balaban J connectivity index is 2.20. The maximum absolute atomic E-state index is 11.5. The smallest absolute Gasteiger partial charge is 0.316 e. The summed E-state index contributed by atoms with van der Waals surface area (Å²) < 4.78 is 5.32. The summed E-state index contributed by atoms with van der Waals surface area (Å²) in [6, 6.07) is 7.21. The highest BCUT2D eigenvalue weighted by atomic mass is 16.5. The molecule has 5 nitrogen and oxygen atoms in total. The van der Waals surface area contributed by atoms with Gasteiger partial charge in [0.15, 0.2) is 0 Å². The number of nitrogens with one attached hydrogen (secondary N) is 1. The van der Waals surface area contributed by atoms with Gasteiger partial charge in [-0.2, -0.15) is 0 Å². The summed E-state index contributed by atoms with van der Waals surface area (Å²) in [5.41, 5.74) is 0.837. The van der Waals surface area contributed by atoms with Crippen molar-refractivity contribution in [3.63, 3.8) is 0 Å². The van der Waals surface area contributed by atoms with Crippen molar-refractivity contribution in [1.82, 2.24) is 5.32 Å². The van der Waals surface area contributed by atoms with Gasteiger partial charge in [-0.15, -0.1) is 0 Å². The van der Waals surface area contributed by atoms with Crippen molar-refractivity contribution in [2.24, 2.45) is 5.92 Å². The molecule has 1 aliphatic rings. The summed E-state index contributed by atoms with van der Waals surface area (Å²) in [5, 5.41) is 11.7. The zero-order valence-corrected chi connectivity index (χ0v) is 10.1. The highest BCUT2D eigenvalue weighted by Gasteiger charge is 2.40. The van der Waals surface area contributed by atoms with Crippen LogP contribution in [0.2, 0.25) is 0 Å². The Labute approximate surface area is 105 Å². The predicted molar refractivity (Wildman–Crippen MR) is 64.5 cm³/mol. The number of carboxylic acid groups (broad SMARTS) is 1. The maximum Gasteiger partial charge on any atom is 0.316 e. The van der Waals surface area contributed by atoms with Gasteiger partial charge in [-0.05, 0) is 24.6 Å². The molecule has 0 aromatic heterocycles. The lowest BCUT2D eigenvalue weighted by Crippen LogP contribution is -2.26. The third-order valence-corrected chi connectivity index (χ3v) is 3.07. The molecule has 1 aromatic carbocycles. The third kappa shape index (κ3) is 2.30. The second kappa shape index (κ2) is 5.08. The molecule has 0 bridgehead atoms. The van der Waals surface area contributed by atoms with Crippen molar-refractivity contribution in [1.29, 1.82) is 0 Å². The SMILES string of the molecule is CCOc1ccc([C@@H]2CNC(=O)[C@H]2C(=O)O)cc1. The second-order valence-electron chi connectivity index (χ2n) is 4.17. The Morgan fingerprint density at radius 1 is 1.44 bits per heavy atom. The van der Waals surface area contributed by atoms with Gasteiger partial charge in [0.1, 0.15) is 11.7 Å². The lowest BCUT2D eigenvalue weighted by molar-refractivity contribution is -0.145. The average molecular weight is 249 g/mol. The van der Waals surface area contributed by atoms with Crippen LogP contribution < -0.4 is 10.1 Å². The fourth-order valence-electron chi connectivity index (χ4n) is 2.19. The Hall–Kier alpha value is -2.04. The van der Waals surface area contributed by atoms with Gasteiger partial charge < -0.3 is 15.2 Å². The van der Waals surface area contributed by atoms with E-state index in [4.69, 9.17) is 9.84 Å². The van der Waals surface area contributed by atoms with E-state index in [-0.39, 0.29) is 5.92 Å². The van der Waals surface area contributed by atoms with Crippen LogP contribution in [0.3, 0.4) is 0 Å². The second-order valence-corrected chi connectivity index (χ2v) is 4.17. The van der Waals surface area contributed by atoms with E-state index in [2.05, 4.69) is 5.32 Å². The number of hydrogen-bond acceptors (Lipinski definition) is 3. The van der Waals surface area contributed by atoms with E-state index in [1.165, 1.54) is 0 Å². The molecule has 0 saturated carbocycles. The van der Waals surface area contributed by atoms with E-state index in [9.17, 15) is 9.59 Å². The molecular weight excluding hydrogens is 234 g/mol. The zero-order chi connectivity index (χ0) is 13.1. The minimum Gasteiger partial charge on any atom is -0.494 e. The molecule has 18 heavy (non-hydrogen) atoms. The topological polar surface area (TPSA) is 75.6 Å². The standard InChI is InChI=1S/C13H15NO4/c1-2-18-9-5-3-8(4-6-9)10-7-14-12(15)11(10)13(16)17/h3-6,10-11H,2,7H2,1H3,(H,14,15)(H,16,17)/t10-,11-/m0/s1. The quantitative estimate of drug-likeness (QED) is 0.780. The first-order valence-corrected chi connectivity index (χ1v) is 5.86. The molecular formula is C13H15NO4. The van der Waals surface area contributed by atoms with Crippen molar-refractivity contribution in [3.05, 3.63) is 29.8 Å². The number of hydrogen-bond donors (Lipinski definition) is 2. The highest BCUT2D eigenvalue weighted by Crippen LogP contribution is 2.30. The number of carbonyl (C=O) groups excluding carboxylic acids is 1. The van der Waals surface area contributed by atoms with Crippen LogP contribution in [0.15, 0.2) is 24.3 Å². The normalized spacial score (nSPS) is 22.6. The van der Waals surface area contributed by atoms with Crippen LogP contribution in [0, 0.1) is 5.92 Å². The minimum atomic E-state index is -1.08. The van der Waals surface area contributed by atoms with Gasteiger partial charge >= 0.3 is 5.97 Å². The lowest BCUT2D eigenvalue weighted by Gasteiger charge is -2.13. The van der Waals surface area contributed by atoms with Crippen molar-refractivity contribution < 1.29 is 19.4 Å². The fraction of sp³-hybridized carbons (Fsp3) is 0.385. The third-order valence-electron chi connectivity index (χ3n) is 3.07. The van der Waals surface area contributed by atoms with Crippen LogP contribution in [-0.2, 0) is 9.59 Å². The van der Waals surface area contributed by atoms with Gasteiger partial charge in [0.2, 0.25) is 5.91 Å². The summed E-state index contributed by atoms with van der Waals surface area (Å²) >= 11 is 0. The molecule has 1 saturated heterocycles. The molecule has 96 valence electrons. The average Bonchev–Trinajstić information content (AvgIpc) is 2.73. The van der Waals surface area contributed by atoms with Crippen LogP contribution in [-0.4, -0.2) is 30.1 Å². The van der Waals surface area contributed by atoms with Gasteiger partial charge in [0, 0.05) is 12.5 Å². The van der Waals surface area contributed by atoms with Gasteiger partial charge in [0.25, 0.3) is 0 Å². The molecule has 5 heteroatoms. The lowest BCUT2D eigenvalue weighted by atomic mass is 9.88. The predicted octanol–water partition coefficient (Wildman–Crippen LogP) is 0.999. The molecule has 0 radical (unpaired) electrons. The molecule has 1 aromatic rings. The fourth-order valence-corrected chi connectivity index (χ4v) is 2.19. The number of amides is 1. The molecule has 2 atom stereocenters. The van der Waals surface area contributed by atoms with E-state index in [1.807, 2.05) is 19.1 Å². The molecule has 0 spiro atoms. The summed E-state index contributed by atoms with van der Waals surface area (Å²) in [4.78, 5) is 22.5. The Morgan fingerprint density at radius 3 is 2.67 bits per heavy atom. The van der Waals surface area contributed by atoms with E-state index in [1.54, 1.807) is 12.1 Å². The van der Waals surface area contributed by atoms with Crippen molar-refractivity contribution in [2.45, 2.75) is 12.8 Å². The summed E-state index contributed by atoms with van der Waals surface area (Å²) in [7, 11) is 0. The van der Waals surface area contributed by atoms with Gasteiger partial charge in [-0.1, -0.05) is 12.1 Å². The van der Waals surface area contributed by atoms with E-state index in [0.717, 1.165) is 11.3 Å². The number of benzene rings is 1. The minimum absolute atomic E-state index is 0.314. The Bertz CT molecular complexity index is 455. The van der Waals surface area contributed by atoms with Crippen molar-refractivity contribution in [3.8, 4) is 5.75 Å². The Morgan fingerprint density at radius 2 is 2.11 bits per heavy atom. The first kappa shape index (κ1) is 12.4. The first-order valence-electron chi connectivity index (χ1n) is 5.86. The largest absolute Gasteiger partial charge is 0.494 e. The summed E-state index contributed by atoms with van der Waals surface area (Å²) in [6.45, 7) is 2.85. The van der Waals surface area contributed by atoms with E-state index >= 15 is 0 Å². The van der Waals surface area contributed by atoms with Gasteiger partial charge in [-0.25, -0.2) is 0 Å². The van der Waals surface area contributed by atoms with Crippen LogP contribution in [0.25, 0.3) is 0 Å². The van der Waals surface area contributed by atoms with Crippen LogP contribution in [0.1, 0.15) is 18.4 Å². The van der Waals surface area contributed by atoms with Crippen LogP contribution >= 0.6 is 0 Å². The first-order chi connectivity index (χ1) is 8.63. The number of carboxylic acids is 1. The van der Waals surface area contributed by atoms with Crippen LogP contribution in [0.5, 0.6) is 5.75 Å². The van der Waals surface area contributed by atoms with Crippen molar-refractivity contribution in [2.75, 3.05) is 13.2 Å². The summed E-state index contributed by atoms with van der Waals surface area (Å²) in [5.74, 6) is -2.07. The maximum atomic E-state index is 11.5. The molecule has 1 aliphatic heterocycles. The number of carbonyl (C=O) groups is 2. The molecule has 1 amide bonds. The van der Waals surface area contributed by atoms with Crippen molar-refractivity contribution >= 4 is 11.9 Å². The number of ether oxygens (including phenoxy) is 1.